The summed E-state index contributed by atoms with van der Waals surface area (Å²) in [5.74, 6) is -0.436. The number of piperazine rings is 1. The maximum Gasteiger partial charge on any atom is 0.310 e. The zero-order chi connectivity index (χ0) is 12.5. The lowest BCUT2D eigenvalue weighted by atomic mass is 9.90. The van der Waals surface area contributed by atoms with Crippen LogP contribution < -0.4 is 15.4 Å². The van der Waals surface area contributed by atoms with Gasteiger partial charge in [0, 0.05) is 6.54 Å². The third-order valence-corrected chi connectivity index (χ3v) is 2.93. The Hall–Kier alpha value is -2.04. The normalized spacial score (nSPS) is 23.9. The highest BCUT2D eigenvalue weighted by Gasteiger charge is 2.35. The molecule has 90 valence electrons. The lowest BCUT2D eigenvalue weighted by molar-refractivity contribution is -0.142. The van der Waals surface area contributed by atoms with Crippen LogP contribution in [0.15, 0.2) is 24.3 Å². The summed E-state index contributed by atoms with van der Waals surface area (Å²) >= 11 is 0. The number of hydrogen-bond acceptors (Lipinski definition) is 3. The van der Waals surface area contributed by atoms with E-state index in [1.54, 1.807) is 7.11 Å². The van der Waals surface area contributed by atoms with Crippen molar-refractivity contribution < 1.29 is 14.3 Å². The van der Waals surface area contributed by atoms with Crippen LogP contribution in [-0.2, 0) is 15.1 Å². The smallest absolute Gasteiger partial charge is 0.310 e. The predicted molar refractivity (Wildman–Crippen MR) is 61.5 cm³/mol. The van der Waals surface area contributed by atoms with Gasteiger partial charge in [0.1, 0.15) is 5.75 Å². The minimum atomic E-state index is -0.602. The van der Waals surface area contributed by atoms with E-state index in [0.717, 1.165) is 11.3 Å². The largest absolute Gasteiger partial charge is 0.497 e. The minimum Gasteiger partial charge on any atom is -0.497 e. The Morgan fingerprint density at radius 3 is 2.35 bits per heavy atom. The Labute approximate surface area is 99.2 Å². The molecule has 1 aliphatic rings. The third-order valence-electron chi connectivity index (χ3n) is 2.93. The van der Waals surface area contributed by atoms with Crippen LogP contribution >= 0.6 is 0 Å². The van der Waals surface area contributed by atoms with Crippen molar-refractivity contribution in [1.29, 1.82) is 0 Å². The van der Waals surface area contributed by atoms with Gasteiger partial charge in [0.25, 0.3) is 0 Å². The van der Waals surface area contributed by atoms with Crippen molar-refractivity contribution >= 4 is 11.8 Å². The Balaban J connectivity index is 2.25. The first kappa shape index (κ1) is 11.4. The summed E-state index contributed by atoms with van der Waals surface area (Å²) < 4.78 is 5.07. The molecule has 0 aromatic heterocycles. The fourth-order valence-corrected chi connectivity index (χ4v) is 1.82. The number of carbonyl (C=O) groups is 2. The van der Waals surface area contributed by atoms with E-state index >= 15 is 0 Å². The molecule has 0 aliphatic carbocycles. The number of hydrogen-bond donors (Lipinski definition) is 2. The summed E-state index contributed by atoms with van der Waals surface area (Å²) in [4.78, 5) is 22.4. The molecule has 0 bridgehead atoms. The van der Waals surface area contributed by atoms with Crippen LogP contribution in [0.5, 0.6) is 5.75 Å². The van der Waals surface area contributed by atoms with E-state index in [2.05, 4.69) is 10.6 Å². The summed E-state index contributed by atoms with van der Waals surface area (Å²) in [6, 6.07) is 7.39. The number of rotatable bonds is 2. The van der Waals surface area contributed by atoms with Crippen LogP contribution in [0.4, 0.5) is 0 Å². The molecule has 1 heterocycles. The van der Waals surface area contributed by atoms with Gasteiger partial charge in [0.05, 0.1) is 12.6 Å². The van der Waals surface area contributed by atoms with E-state index in [1.807, 2.05) is 31.2 Å². The first-order valence-corrected chi connectivity index (χ1v) is 5.30. The Kier molecular flexibility index (Phi) is 2.75. The second-order valence-corrected chi connectivity index (χ2v) is 4.20. The summed E-state index contributed by atoms with van der Waals surface area (Å²) in [6.45, 7) is 2.25. The highest BCUT2D eigenvalue weighted by molar-refractivity contribution is 6.35. The number of benzene rings is 1. The summed E-state index contributed by atoms with van der Waals surface area (Å²) in [6.07, 6.45) is 0. The summed E-state index contributed by atoms with van der Waals surface area (Å²) in [5.41, 5.74) is 0.351. The Morgan fingerprint density at radius 2 is 1.82 bits per heavy atom. The van der Waals surface area contributed by atoms with Gasteiger partial charge in [-0.1, -0.05) is 12.1 Å². The lowest BCUT2D eigenvalue weighted by Crippen LogP contribution is -2.60. The molecule has 0 spiro atoms. The SMILES string of the molecule is COc1ccc(C2(C)CNC(=O)C(=O)N2)cc1. The molecule has 5 nitrogen and oxygen atoms in total. The molecule has 2 N–H and O–H groups in total. The van der Waals surface area contributed by atoms with Crippen molar-refractivity contribution in [3.63, 3.8) is 0 Å². The lowest BCUT2D eigenvalue weighted by Gasteiger charge is -2.34. The van der Waals surface area contributed by atoms with Gasteiger partial charge in [-0.3, -0.25) is 9.59 Å². The van der Waals surface area contributed by atoms with Gasteiger partial charge >= 0.3 is 11.8 Å². The fraction of sp³-hybridized carbons (Fsp3) is 0.333. The van der Waals surface area contributed by atoms with E-state index in [-0.39, 0.29) is 0 Å². The molecule has 1 aromatic carbocycles. The fourth-order valence-electron chi connectivity index (χ4n) is 1.82. The van der Waals surface area contributed by atoms with Crippen molar-refractivity contribution in [2.45, 2.75) is 12.5 Å². The van der Waals surface area contributed by atoms with Gasteiger partial charge in [-0.2, -0.15) is 0 Å². The van der Waals surface area contributed by atoms with Crippen LogP contribution in [0.1, 0.15) is 12.5 Å². The Morgan fingerprint density at radius 1 is 1.18 bits per heavy atom. The average molecular weight is 234 g/mol. The molecule has 0 saturated carbocycles. The molecule has 5 heteroatoms. The molecular formula is C12H14N2O3. The quantitative estimate of drug-likeness (QED) is 0.716. The van der Waals surface area contributed by atoms with Gasteiger partial charge in [-0.25, -0.2) is 0 Å². The summed E-state index contributed by atoms with van der Waals surface area (Å²) in [7, 11) is 1.60. The molecule has 1 aliphatic heterocycles. The zero-order valence-electron chi connectivity index (χ0n) is 9.74. The van der Waals surface area contributed by atoms with E-state index in [9.17, 15) is 9.59 Å². The van der Waals surface area contributed by atoms with Crippen molar-refractivity contribution in [3.8, 4) is 5.75 Å². The Bertz CT molecular complexity index is 455. The first-order chi connectivity index (χ1) is 8.05. The molecule has 0 radical (unpaired) electrons. The number of methoxy groups -OCH3 is 1. The van der Waals surface area contributed by atoms with Crippen molar-refractivity contribution in [3.05, 3.63) is 29.8 Å². The van der Waals surface area contributed by atoms with Gasteiger partial charge in [-0.05, 0) is 24.6 Å². The first-order valence-electron chi connectivity index (χ1n) is 5.30. The van der Waals surface area contributed by atoms with E-state index in [4.69, 9.17) is 4.74 Å². The predicted octanol–water partition coefficient (Wildman–Crippen LogP) is 0.156. The third kappa shape index (κ3) is 2.08. The van der Waals surface area contributed by atoms with Gasteiger partial charge in [-0.15, -0.1) is 0 Å². The monoisotopic (exact) mass is 234 g/mol. The van der Waals surface area contributed by atoms with Gasteiger partial charge in [0.2, 0.25) is 0 Å². The molecular weight excluding hydrogens is 220 g/mol. The van der Waals surface area contributed by atoms with Gasteiger partial charge < -0.3 is 15.4 Å². The van der Waals surface area contributed by atoms with E-state index < -0.39 is 17.4 Å². The maximum atomic E-state index is 11.4. The molecule has 1 fully saturated rings. The maximum absolute atomic E-state index is 11.4. The van der Waals surface area contributed by atoms with Gasteiger partial charge in [0.15, 0.2) is 0 Å². The summed E-state index contributed by atoms with van der Waals surface area (Å²) in [5, 5.41) is 5.27. The van der Waals surface area contributed by atoms with Crippen molar-refractivity contribution in [2.75, 3.05) is 13.7 Å². The number of ether oxygens (including phenoxy) is 1. The van der Waals surface area contributed by atoms with Crippen molar-refractivity contribution in [2.24, 2.45) is 0 Å². The highest BCUT2D eigenvalue weighted by atomic mass is 16.5. The topological polar surface area (TPSA) is 67.4 Å². The second kappa shape index (κ2) is 4.08. The van der Waals surface area contributed by atoms with Crippen LogP contribution in [0, 0.1) is 0 Å². The van der Waals surface area contributed by atoms with Crippen LogP contribution in [0.2, 0.25) is 0 Å². The molecule has 17 heavy (non-hydrogen) atoms. The highest BCUT2D eigenvalue weighted by Crippen LogP contribution is 2.24. The van der Waals surface area contributed by atoms with Crippen LogP contribution in [0.3, 0.4) is 0 Å². The second-order valence-electron chi connectivity index (χ2n) is 4.20. The number of carbonyl (C=O) groups excluding carboxylic acids is 2. The van der Waals surface area contributed by atoms with E-state index in [0.29, 0.717) is 6.54 Å². The number of amides is 2. The average Bonchev–Trinajstić information content (AvgIpc) is 2.34. The van der Waals surface area contributed by atoms with Crippen LogP contribution in [-0.4, -0.2) is 25.5 Å². The minimum absolute atomic E-state index is 0.379. The molecule has 2 amide bonds. The molecule has 2 rings (SSSR count). The van der Waals surface area contributed by atoms with Crippen molar-refractivity contribution in [1.82, 2.24) is 10.6 Å². The number of nitrogens with one attached hydrogen (secondary N) is 2. The molecule has 1 atom stereocenters. The van der Waals surface area contributed by atoms with Crippen LogP contribution in [0.25, 0.3) is 0 Å². The molecule has 1 saturated heterocycles. The zero-order valence-corrected chi connectivity index (χ0v) is 9.74. The standard InChI is InChI=1S/C12H14N2O3/c1-12(7-13-10(15)11(16)14-12)8-3-5-9(17-2)6-4-8/h3-6H,7H2,1-2H3,(H,13,15)(H,14,16). The molecule has 1 unspecified atom stereocenters. The molecule has 1 aromatic rings. The van der Waals surface area contributed by atoms with E-state index in [1.165, 1.54) is 0 Å².